The molecule has 0 aliphatic rings. The Morgan fingerprint density at radius 2 is 1.60 bits per heavy atom. The predicted octanol–water partition coefficient (Wildman–Crippen LogP) is 4.98. The number of hydrogen-bond acceptors (Lipinski definition) is 2. The van der Waals surface area contributed by atoms with Crippen LogP contribution in [0.25, 0.3) is 21.5 Å². The van der Waals surface area contributed by atoms with Crippen molar-refractivity contribution in [2.45, 2.75) is 6.42 Å². The van der Waals surface area contributed by atoms with Gasteiger partial charge in [0.15, 0.2) is 0 Å². The summed E-state index contributed by atoms with van der Waals surface area (Å²) in [7, 11) is 1.63. The topological polar surface area (TPSA) is 34.9 Å². The van der Waals surface area contributed by atoms with Gasteiger partial charge in [-0.1, -0.05) is 65.7 Å². The zero-order chi connectivity index (χ0) is 17.6. The Kier molecular flexibility index (Phi) is 3.98. The second-order valence-corrected chi connectivity index (χ2v) is 6.83. The van der Waals surface area contributed by atoms with Crippen molar-refractivity contribution in [3.63, 3.8) is 0 Å². The first-order chi connectivity index (χ1) is 12.0. The highest BCUT2D eigenvalue weighted by Gasteiger charge is 2.15. The molecular formula is C20H14Cl2N2O. The molecule has 3 aromatic carbocycles. The van der Waals surface area contributed by atoms with E-state index in [0.717, 1.165) is 11.3 Å². The summed E-state index contributed by atoms with van der Waals surface area (Å²) >= 11 is 12.6. The Morgan fingerprint density at radius 1 is 0.920 bits per heavy atom. The van der Waals surface area contributed by atoms with E-state index in [9.17, 15) is 4.79 Å². The fraction of sp³-hybridized carbons (Fsp3) is 0.100. The molecule has 0 aliphatic carbocycles. The lowest BCUT2D eigenvalue weighted by molar-refractivity contribution is 0.697. The molecular weight excluding hydrogens is 355 g/mol. The fourth-order valence-corrected chi connectivity index (χ4v) is 3.65. The molecule has 0 amide bonds. The fourth-order valence-electron chi connectivity index (χ4n) is 3.15. The van der Waals surface area contributed by atoms with Gasteiger partial charge in [-0.25, -0.2) is 4.68 Å². The molecule has 0 unspecified atom stereocenters. The maximum atomic E-state index is 12.4. The number of aromatic nitrogens is 2. The minimum absolute atomic E-state index is 0.246. The molecule has 0 fully saturated rings. The number of hydrogen-bond donors (Lipinski definition) is 0. The van der Waals surface area contributed by atoms with Crippen LogP contribution in [0.1, 0.15) is 11.3 Å². The summed E-state index contributed by atoms with van der Waals surface area (Å²) in [5.74, 6) is 0. The highest BCUT2D eigenvalue weighted by Crippen LogP contribution is 2.30. The van der Waals surface area contributed by atoms with Crippen LogP contribution in [0.5, 0.6) is 0 Å². The molecule has 1 heterocycles. The maximum absolute atomic E-state index is 12.4. The molecule has 25 heavy (non-hydrogen) atoms. The molecule has 0 saturated heterocycles. The normalized spacial score (nSPS) is 11.3. The van der Waals surface area contributed by atoms with Crippen LogP contribution < -0.4 is 5.56 Å². The standard InChI is InChI=1S/C20H14Cl2N2O/c1-24-20(25)19-16(22)9-8-15(21)18(19)17(23-24)11-12-6-7-13-4-2-3-5-14(13)10-12/h2-10H,11H2,1H3. The Bertz CT molecular complexity index is 1180. The van der Waals surface area contributed by atoms with Crippen molar-refractivity contribution < 1.29 is 0 Å². The first-order valence-corrected chi connectivity index (χ1v) is 8.62. The van der Waals surface area contributed by atoms with Crippen LogP contribution >= 0.6 is 23.2 Å². The summed E-state index contributed by atoms with van der Waals surface area (Å²) in [6.45, 7) is 0. The summed E-state index contributed by atoms with van der Waals surface area (Å²) < 4.78 is 1.32. The zero-order valence-corrected chi connectivity index (χ0v) is 15.0. The van der Waals surface area contributed by atoms with E-state index in [2.05, 4.69) is 35.4 Å². The third-order valence-corrected chi connectivity index (χ3v) is 4.99. The summed E-state index contributed by atoms with van der Waals surface area (Å²) in [5.41, 5.74) is 1.59. The van der Waals surface area contributed by atoms with Crippen LogP contribution in [0.15, 0.2) is 59.4 Å². The smallest absolute Gasteiger partial charge is 0.267 e. The second-order valence-electron chi connectivity index (χ2n) is 6.01. The Labute approximate surface area is 154 Å². The molecule has 3 nitrogen and oxygen atoms in total. The van der Waals surface area contributed by atoms with Gasteiger partial charge < -0.3 is 0 Å². The minimum Gasteiger partial charge on any atom is -0.267 e. The van der Waals surface area contributed by atoms with Crippen LogP contribution in [-0.4, -0.2) is 9.78 Å². The van der Waals surface area contributed by atoms with Gasteiger partial charge in [0.1, 0.15) is 0 Å². The van der Waals surface area contributed by atoms with Crippen molar-refractivity contribution in [3.8, 4) is 0 Å². The predicted molar refractivity (Wildman–Crippen MR) is 104 cm³/mol. The van der Waals surface area contributed by atoms with Gasteiger partial charge in [-0.2, -0.15) is 5.10 Å². The van der Waals surface area contributed by atoms with E-state index in [0.29, 0.717) is 27.2 Å². The van der Waals surface area contributed by atoms with Crippen LogP contribution in [0.4, 0.5) is 0 Å². The van der Waals surface area contributed by atoms with E-state index in [4.69, 9.17) is 23.2 Å². The molecule has 0 bridgehead atoms. The lowest BCUT2D eigenvalue weighted by Gasteiger charge is -2.11. The molecule has 1 aromatic heterocycles. The largest absolute Gasteiger partial charge is 0.275 e. The van der Waals surface area contributed by atoms with Gasteiger partial charge in [-0.15, -0.1) is 0 Å². The summed E-state index contributed by atoms with van der Waals surface area (Å²) in [4.78, 5) is 12.4. The molecule has 4 rings (SSSR count). The Morgan fingerprint density at radius 3 is 2.36 bits per heavy atom. The molecule has 4 aromatic rings. The summed E-state index contributed by atoms with van der Waals surface area (Å²) in [6, 6.07) is 17.8. The average molecular weight is 369 g/mol. The van der Waals surface area contributed by atoms with Gasteiger partial charge >= 0.3 is 0 Å². The monoisotopic (exact) mass is 368 g/mol. The molecule has 0 saturated carbocycles. The lowest BCUT2D eigenvalue weighted by atomic mass is 10.0. The molecule has 0 aliphatic heterocycles. The van der Waals surface area contributed by atoms with Crippen molar-refractivity contribution in [2.75, 3.05) is 0 Å². The number of rotatable bonds is 2. The first-order valence-electron chi connectivity index (χ1n) is 7.86. The molecule has 0 N–H and O–H groups in total. The van der Waals surface area contributed by atoms with E-state index < -0.39 is 0 Å². The number of nitrogens with zero attached hydrogens (tertiary/aromatic N) is 2. The van der Waals surface area contributed by atoms with Crippen LogP contribution in [0.3, 0.4) is 0 Å². The maximum Gasteiger partial charge on any atom is 0.275 e. The lowest BCUT2D eigenvalue weighted by Crippen LogP contribution is -2.22. The van der Waals surface area contributed by atoms with Crippen LogP contribution in [-0.2, 0) is 13.5 Å². The van der Waals surface area contributed by atoms with Gasteiger partial charge in [0.25, 0.3) is 5.56 Å². The van der Waals surface area contributed by atoms with Crippen molar-refractivity contribution in [3.05, 3.63) is 86.3 Å². The third kappa shape index (κ3) is 2.80. The SMILES string of the molecule is Cn1nc(Cc2ccc3ccccc3c2)c2c(Cl)ccc(Cl)c2c1=O. The van der Waals surface area contributed by atoms with E-state index in [1.807, 2.05) is 12.1 Å². The number of benzene rings is 3. The van der Waals surface area contributed by atoms with Gasteiger partial charge in [-0.3, -0.25) is 4.79 Å². The van der Waals surface area contributed by atoms with E-state index >= 15 is 0 Å². The minimum atomic E-state index is -0.246. The zero-order valence-electron chi connectivity index (χ0n) is 13.5. The van der Waals surface area contributed by atoms with Gasteiger partial charge in [-0.05, 0) is 28.5 Å². The van der Waals surface area contributed by atoms with E-state index in [1.54, 1.807) is 19.2 Å². The average Bonchev–Trinajstić information content (AvgIpc) is 2.61. The van der Waals surface area contributed by atoms with Gasteiger partial charge in [0.05, 0.1) is 21.1 Å². The molecule has 5 heteroatoms. The van der Waals surface area contributed by atoms with Crippen molar-refractivity contribution in [1.29, 1.82) is 0 Å². The molecule has 0 spiro atoms. The summed E-state index contributed by atoms with van der Waals surface area (Å²) in [6.07, 6.45) is 0.565. The van der Waals surface area contributed by atoms with Crippen molar-refractivity contribution in [1.82, 2.24) is 9.78 Å². The molecule has 0 atom stereocenters. The number of aryl methyl sites for hydroxylation is 1. The quantitative estimate of drug-likeness (QED) is 0.499. The highest BCUT2D eigenvalue weighted by molar-refractivity contribution is 6.40. The Balaban J connectivity index is 1.93. The number of halogens is 2. The first kappa shape index (κ1) is 16.1. The molecule has 124 valence electrons. The molecule has 0 radical (unpaired) electrons. The van der Waals surface area contributed by atoms with Crippen molar-refractivity contribution in [2.24, 2.45) is 7.05 Å². The third-order valence-electron chi connectivity index (χ3n) is 4.36. The number of fused-ring (bicyclic) bond motifs is 2. The van der Waals surface area contributed by atoms with Gasteiger partial charge in [0.2, 0.25) is 0 Å². The Hall–Kier alpha value is -2.36. The van der Waals surface area contributed by atoms with Crippen LogP contribution in [0, 0.1) is 0 Å². The highest BCUT2D eigenvalue weighted by atomic mass is 35.5. The van der Waals surface area contributed by atoms with Crippen molar-refractivity contribution >= 4 is 44.7 Å². The van der Waals surface area contributed by atoms with Gasteiger partial charge in [0, 0.05) is 18.9 Å². The van der Waals surface area contributed by atoms with Crippen LogP contribution in [0.2, 0.25) is 10.0 Å². The van der Waals surface area contributed by atoms with E-state index in [1.165, 1.54) is 15.5 Å². The second kappa shape index (κ2) is 6.17. The summed E-state index contributed by atoms with van der Waals surface area (Å²) in [5, 5.41) is 8.72. The van der Waals surface area contributed by atoms with E-state index in [-0.39, 0.29) is 5.56 Å².